The molecule has 0 aromatic heterocycles. The normalized spacial score (nSPS) is 40.9. The van der Waals surface area contributed by atoms with Crippen LogP contribution in [0, 0.1) is 11.3 Å². The summed E-state index contributed by atoms with van der Waals surface area (Å²) in [5, 5.41) is 0.335. The predicted molar refractivity (Wildman–Crippen MR) is 73.6 cm³/mol. The van der Waals surface area contributed by atoms with E-state index in [1.807, 2.05) is 0 Å². The standard InChI is InChI=1S/C15H27ClO/c1-4-15(5-2)13(16)10-14(15)17-12-9-7-6-8-11(12)3/h11-14H,4-10H2,1-3H3. The Kier molecular flexibility index (Phi) is 4.41. The second-order valence-corrected chi connectivity index (χ2v) is 6.60. The molecule has 0 spiro atoms. The first-order chi connectivity index (χ1) is 8.14. The minimum atomic E-state index is 0.263. The van der Waals surface area contributed by atoms with Crippen molar-refractivity contribution in [2.75, 3.05) is 0 Å². The Morgan fingerprint density at radius 1 is 1.18 bits per heavy atom. The molecule has 0 aliphatic heterocycles. The molecule has 0 amide bonds. The third-order valence-corrected chi connectivity index (χ3v) is 5.99. The highest BCUT2D eigenvalue weighted by Gasteiger charge is 2.53. The highest BCUT2D eigenvalue weighted by atomic mass is 35.5. The molecule has 0 aromatic carbocycles. The highest BCUT2D eigenvalue weighted by molar-refractivity contribution is 6.21. The maximum absolute atomic E-state index is 6.44. The largest absolute Gasteiger partial charge is 0.374 e. The van der Waals surface area contributed by atoms with Gasteiger partial charge >= 0.3 is 0 Å². The number of alkyl halides is 1. The average Bonchev–Trinajstić information content (AvgIpc) is 2.33. The molecule has 2 aliphatic carbocycles. The first-order valence-corrected chi connectivity index (χ1v) is 7.87. The number of ether oxygens (including phenoxy) is 1. The van der Waals surface area contributed by atoms with Gasteiger partial charge in [-0.05, 0) is 38.0 Å². The molecule has 2 aliphatic rings. The van der Waals surface area contributed by atoms with E-state index in [2.05, 4.69) is 20.8 Å². The Morgan fingerprint density at radius 3 is 2.35 bits per heavy atom. The molecule has 17 heavy (non-hydrogen) atoms. The zero-order chi connectivity index (χ0) is 12.5. The van der Waals surface area contributed by atoms with Crippen LogP contribution in [0.15, 0.2) is 0 Å². The molecule has 1 nitrogen and oxygen atoms in total. The maximum Gasteiger partial charge on any atom is 0.0663 e. The second kappa shape index (κ2) is 5.48. The number of rotatable bonds is 4. The van der Waals surface area contributed by atoms with E-state index < -0.39 is 0 Å². The molecule has 2 saturated carbocycles. The molecule has 0 saturated heterocycles. The van der Waals surface area contributed by atoms with Crippen LogP contribution in [0.25, 0.3) is 0 Å². The quantitative estimate of drug-likeness (QED) is 0.660. The second-order valence-electron chi connectivity index (χ2n) is 6.07. The molecule has 4 atom stereocenters. The van der Waals surface area contributed by atoms with Crippen molar-refractivity contribution in [3.63, 3.8) is 0 Å². The van der Waals surface area contributed by atoms with Gasteiger partial charge < -0.3 is 4.74 Å². The monoisotopic (exact) mass is 258 g/mol. The molecule has 2 rings (SSSR count). The summed E-state index contributed by atoms with van der Waals surface area (Å²) in [7, 11) is 0. The van der Waals surface area contributed by atoms with Crippen LogP contribution in [-0.4, -0.2) is 17.6 Å². The fraction of sp³-hybridized carbons (Fsp3) is 1.00. The van der Waals surface area contributed by atoms with E-state index in [0.29, 0.717) is 17.6 Å². The Labute approximate surface area is 111 Å². The lowest BCUT2D eigenvalue weighted by Gasteiger charge is -2.54. The Hall–Kier alpha value is 0.250. The van der Waals surface area contributed by atoms with E-state index in [0.717, 1.165) is 25.2 Å². The van der Waals surface area contributed by atoms with Crippen molar-refractivity contribution in [1.82, 2.24) is 0 Å². The van der Waals surface area contributed by atoms with Crippen molar-refractivity contribution in [2.24, 2.45) is 11.3 Å². The van der Waals surface area contributed by atoms with Crippen LogP contribution >= 0.6 is 11.6 Å². The molecule has 100 valence electrons. The molecule has 4 unspecified atom stereocenters. The number of halogens is 1. The lowest BCUT2D eigenvalue weighted by atomic mass is 9.62. The van der Waals surface area contributed by atoms with E-state index >= 15 is 0 Å². The fourth-order valence-corrected chi connectivity index (χ4v) is 4.34. The van der Waals surface area contributed by atoms with Crippen LogP contribution in [0.3, 0.4) is 0 Å². The lowest BCUT2D eigenvalue weighted by molar-refractivity contribution is -0.161. The van der Waals surface area contributed by atoms with E-state index in [9.17, 15) is 0 Å². The van der Waals surface area contributed by atoms with Gasteiger partial charge in [0.15, 0.2) is 0 Å². The Balaban J connectivity index is 1.94. The van der Waals surface area contributed by atoms with E-state index in [4.69, 9.17) is 16.3 Å². The van der Waals surface area contributed by atoms with Crippen molar-refractivity contribution in [3.8, 4) is 0 Å². The molecule has 2 fully saturated rings. The van der Waals surface area contributed by atoms with Gasteiger partial charge in [-0.1, -0.05) is 33.6 Å². The van der Waals surface area contributed by atoms with Crippen molar-refractivity contribution in [3.05, 3.63) is 0 Å². The molecular weight excluding hydrogens is 232 g/mol. The summed E-state index contributed by atoms with van der Waals surface area (Å²) >= 11 is 6.44. The zero-order valence-electron chi connectivity index (χ0n) is 11.5. The third kappa shape index (κ3) is 2.38. The van der Waals surface area contributed by atoms with Gasteiger partial charge in [0.1, 0.15) is 0 Å². The first-order valence-electron chi connectivity index (χ1n) is 7.43. The molecule has 0 heterocycles. The fourth-order valence-electron chi connectivity index (χ4n) is 3.73. The minimum absolute atomic E-state index is 0.263. The van der Waals surface area contributed by atoms with E-state index in [-0.39, 0.29) is 5.41 Å². The van der Waals surface area contributed by atoms with Crippen molar-refractivity contribution >= 4 is 11.6 Å². The topological polar surface area (TPSA) is 9.23 Å². The molecule has 0 bridgehead atoms. The van der Waals surface area contributed by atoms with Gasteiger partial charge in [0, 0.05) is 10.8 Å². The average molecular weight is 259 g/mol. The van der Waals surface area contributed by atoms with Crippen LogP contribution in [0.1, 0.15) is 65.7 Å². The lowest BCUT2D eigenvalue weighted by Crippen LogP contribution is -2.56. The zero-order valence-corrected chi connectivity index (χ0v) is 12.3. The van der Waals surface area contributed by atoms with Crippen molar-refractivity contribution in [2.45, 2.75) is 83.3 Å². The van der Waals surface area contributed by atoms with Crippen LogP contribution in [0.5, 0.6) is 0 Å². The summed E-state index contributed by atoms with van der Waals surface area (Å²) in [5.41, 5.74) is 0.263. The Bertz CT molecular complexity index is 249. The van der Waals surface area contributed by atoms with Crippen LogP contribution in [0.4, 0.5) is 0 Å². The van der Waals surface area contributed by atoms with Gasteiger partial charge in [-0.2, -0.15) is 0 Å². The van der Waals surface area contributed by atoms with Gasteiger partial charge in [-0.25, -0.2) is 0 Å². The summed E-state index contributed by atoms with van der Waals surface area (Å²) in [6, 6.07) is 0. The van der Waals surface area contributed by atoms with Gasteiger partial charge in [-0.15, -0.1) is 11.6 Å². The summed E-state index contributed by atoms with van der Waals surface area (Å²) in [6.45, 7) is 6.87. The van der Waals surface area contributed by atoms with E-state index in [1.54, 1.807) is 0 Å². The van der Waals surface area contributed by atoms with Gasteiger partial charge in [-0.3, -0.25) is 0 Å². The molecular formula is C15H27ClO. The highest BCUT2D eigenvalue weighted by Crippen LogP contribution is 2.52. The van der Waals surface area contributed by atoms with Crippen LogP contribution in [0.2, 0.25) is 0 Å². The summed E-state index contributed by atoms with van der Waals surface area (Å²) in [4.78, 5) is 0. The van der Waals surface area contributed by atoms with Crippen molar-refractivity contribution in [1.29, 1.82) is 0 Å². The van der Waals surface area contributed by atoms with Crippen LogP contribution in [-0.2, 0) is 4.74 Å². The van der Waals surface area contributed by atoms with Gasteiger partial charge in [0.05, 0.1) is 12.2 Å². The summed E-state index contributed by atoms with van der Waals surface area (Å²) in [6.07, 6.45) is 9.62. The minimum Gasteiger partial charge on any atom is -0.374 e. The molecule has 0 aromatic rings. The summed E-state index contributed by atoms with van der Waals surface area (Å²) in [5.74, 6) is 0.740. The van der Waals surface area contributed by atoms with E-state index in [1.165, 1.54) is 25.7 Å². The SMILES string of the molecule is CCC1(CC)C(Cl)CC1OC1CCCCC1C. The Morgan fingerprint density at radius 2 is 1.82 bits per heavy atom. The smallest absolute Gasteiger partial charge is 0.0663 e. The molecule has 2 heteroatoms. The van der Waals surface area contributed by atoms with Crippen molar-refractivity contribution < 1.29 is 4.74 Å². The van der Waals surface area contributed by atoms with Crippen LogP contribution < -0.4 is 0 Å². The van der Waals surface area contributed by atoms with Gasteiger partial charge in [0.2, 0.25) is 0 Å². The maximum atomic E-state index is 6.44. The summed E-state index contributed by atoms with van der Waals surface area (Å²) < 4.78 is 6.42. The predicted octanol–water partition coefficient (Wildman–Crippen LogP) is 4.77. The molecule has 0 radical (unpaired) electrons. The van der Waals surface area contributed by atoms with Gasteiger partial charge in [0.25, 0.3) is 0 Å². The third-order valence-electron chi connectivity index (χ3n) is 5.37. The number of hydrogen-bond acceptors (Lipinski definition) is 1. The first kappa shape index (κ1) is 13.7. The molecule has 0 N–H and O–H groups in total. The number of hydrogen-bond donors (Lipinski definition) is 0.